The summed E-state index contributed by atoms with van der Waals surface area (Å²) in [4.78, 5) is 4.58. The van der Waals surface area contributed by atoms with Gasteiger partial charge in [-0.2, -0.15) is 11.8 Å². The summed E-state index contributed by atoms with van der Waals surface area (Å²) >= 11 is 2.11. The van der Waals surface area contributed by atoms with Crippen LogP contribution in [0.25, 0.3) is 0 Å². The lowest BCUT2D eigenvalue weighted by molar-refractivity contribution is 0.467. The van der Waals surface area contributed by atoms with Gasteiger partial charge >= 0.3 is 0 Å². The minimum absolute atomic E-state index is 0.363. The topological polar surface area (TPSA) is 50.9 Å². The van der Waals surface area contributed by atoms with Crippen molar-refractivity contribution in [3.63, 3.8) is 0 Å². The summed E-state index contributed by atoms with van der Waals surface area (Å²) in [5.74, 6) is 7.41. The number of hydrazine groups is 1. The summed E-state index contributed by atoms with van der Waals surface area (Å²) in [6, 6.07) is 4.61. The summed E-state index contributed by atoms with van der Waals surface area (Å²) in [5.41, 5.74) is 5.74. The number of nitrogens with one attached hydrogen (secondary N) is 1. The molecule has 19 heavy (non-hydrogen) atoms. The van der Waals surface area contributed by atoms with Crippen molar-refractivity contribution < 1.29 is 0 Å². The Labute approximate surface area is 119 Å². The third kappa shape index (κ3) is 2.96. The monoisotopic (exact) mass is 277 g/mol. The Kier molecular flexibility index (Phi) is 4.41. The van der Waals surface area contributed by atoms with E-state index in [4.69, 9.17) is 5.84 Å². The highest BCUT2D eigenvalue weighted by Gasteiger charge is 2.31. The highest BCUT2D eigenvalue weighted by atomic mass is 32.2. The van der Waals surface area contributed by atoms with Gasteiger partial charge in [-0.1, -0.05) is 18.9 Å². The zero-order valence-electron chi connectivity index (χ0n) is 11.3. The standard InChI is InChI=1S/C15H23N3S/c16-18-14(10-19-12-5-1-2-6-12)13-8-7-11-4-3-9-17-15(11)13/h3-4,9,12-14,18H,1-2,5-8,10,16H2. The third-order valence-electron chi connectivity index (χ3n) is 4.52. The maximum atomic E-state index is 5.80. The Morgan fingerprint density at radius 1 is 1.37 bits per heavy atom. The van der Waals surface area contributed by atoms with E-state index in [1.165, 1.54) is 43.4 Å². The van der Waals surface area contributed by atoms with Crippen molar-refractivity contribution in [1.29, 1.82) is 0 Å². The molecule has 2 aliphatic rings. The predicted octanol–water partition coefficient (Wildman–Crippen LogP) is 2.62. The lowest BCUT2D eigenvalue weighted by Gasteiger charge is -2.24. The average Bonchev–Trinajstić information content (AvgIpc) is 3.09. The molecule has 0 amide bonds. The number of thioether (sulfide) groups is 1. The predicted molar refractivity (Wildman–Crippen MR) is 81.1 cm³/mol. The molecule has 0 spiro atoms. The molecule has 1 fully saturated rings. The van der Waals surface area contributed by atoms with Gasteiger partial charge in [-0.05, 0) is 37.3 Å². The van der Waals surface area contributed by atoms with Gasteiger partial charge in [-0.25, -0.2) is 0 Å². The van der Waals surface area contributed by atoms with Crippen molar-refractivity contribution in [3.8, 4) is 0 Å². The Morgan fingerprint density at radius 2 is 2.21 bits per heavy atom. The van der Waals surface area contributed by atoms with E-state index < -0.39 is 0 Å². The summed E-state index contributed by atoms with van der Waals surface area (Å²) in [6.07, 6.45) is 9.85. The van der Waals surface area contributed by atoms with E-state index >= 15 is 0 Å². The number of aryl methyl sites for hydroxylation is 1. The van der Waals surface area contributed by atoms with Gasteiger partial charge in [0.05, 0.1) is 0 Å². The maximum absolute atomic E-state index is 5.80. The molecule has 3 N–H and O–H groups in total. The third-order valence-corrected chi connectivity index (χ3v) is 6.01. The van der Waals surface area contributed by atoms with E-state index in [0.29, 0.717) is 12.0 Å². The van der Waals surface area contributed by atoms with Gasteiger partial charge in [0.1, 0.15) is 0 Å². The molecule has 0 radical (unpaired) electrons. The molecule has 0 aromatic carbocycles. The molecule has 2 atom stereocenters. The summed E-state index contributed by atoms with van der Waals surface area (Å²) < 4.78 is 0. The molecule has 3 rings (SSSR count). The number of hydrogen-bond donors (Lipinski definition) is 2. The van der Waals surface area contributed by atoms with Crippen LogP contribution in [0.4, 0.5) is 0 Å². The van der Waals surface area contributed by atoms with Gasteiger partial charge in [0.15, 0.2) is 0 Å². The van der Waals surface area contributed by atoms with Crippen LogP contribution < -0.4 is 11.3 Å². The van der Waals surface area contributed by atoms with Crippen LogP contribution in [0.3, 0.4) is 0 Å². The van der Waals surface area contributed by atoms with Gasteiger partial charge in [0.25, 0.3) is 0 Å². The number of pyridine rings is 1. The molecule has 0 saturated heterocycles. The van der Waals surface area contributed by atoms with Crippen LogP contribution in [-0.2, 0) is 6.42 Å². The number of fused-ring (bicyclic) bond motifs is 1. The van der Waals surface area contributed by atoms with Gasteiger partial charge in [0.2, 0.25) is 0 Å². The molecule has 1 heterocycles. The van der Waals surface area contributed by atoms with Crippen LogP contribution in [0, 0.1) is 0 Å². The first-order valence-electron chi connectivity index (χ1n) is 7.40. The van der Waals surface area contributed by atoms with Crippen molar-refractivity contribution in [2.75, 3.05) is 5.75 Å². The number of rotatable bonds is 5. The van der Waals surface area contributed by atoms with E-state index in [9.17, 15) is 0 Å². The minimum atomic E-state index is 0.363. The lowest BCUT2D eigenvalue weighted by Crippen LogP contribution is -2.41. The van der Waals surface area contributed by atoms with Gasteiger partial charge in [0, 0.05) is 34.9 Å². The second-order valence-corrected chi connectivity index (χ2v) is 7.04. The van der Waals surface area contributed by atoms with E-state index in [1.54, 1.807) is 0 Å². The highest BCUT2D eigenvalue weighted by Crippen LogP contribution is 2.36. The molecule has 1 aromatic rings. The second-order valence-electron chi connectivity index (χ2n) is 5.71. The fourth-order valence-electron chi connectivity index (χ4n) is 3.41. The molecule has 4 heteroatoms. The molecule has 0 bridgehead atoms. The van der Waals surface area contributed by atoms with Crippen LogP contribution in [-0.4, -0.2) is 22.0 Å². The van der Waals surface area contributed by atoms with Crippen molar-refractivity contribution in [2.45, 2.75) is 55.7 Å². The van der Waals surface area contributed by atoms with E-state index in [2.05, 4.69) is 28.2 Å². The highest BCUT2D eigenvalue weighted by molar-refractivity contribution is 7.99. The first kappa shape index (κ1) is 13.4. The van der Waals surface area contributed by atoms with E-state index in [1.807, 2.05) is 12.3 Å². The van der Waals surface area contributed by atoms with E-state index in [-0.39, 0.29) is 0 Å². The fraction of sp³-hybridized carbons (Fsp3) is 0.667. The number of nitrogens with zero attached hydrogens (tertiary/aromatic N) is 1. The second kappa shape index (κ2) is 6.25. The molecule has 1 aromatic heterocycles. The minimum Gasteiger partial charge on any atom is -0.271 e. The smallest absolute Gasteiger partial charge is 0.0482 e. The largest absolute Gasteiger partial charge is 0.271 e. The Balaban J connectivity index is 1.62. The van der Waals surface area contributed by atoms with Gasteiger partial charge in [-0.3, -0.25) is 16.3 Å². The quantitative estimate of drug-likeness (QED) is 0.642. The van der Waals surface area contributed by atoms with Crippen molar-refractivity contribution >= 4 is 11.8 Å². The van der Waals surface area contributed by atoms with Gasteiger partial charge in [-0.15, -0.1) is 0 Å². The zero-order chi connectivity index (χ0) is 13.1. The SMILES string of the molecule is NNC(CSC1CCCC1)C1CCc2cccnc21. The van der Waals surface area contributed by atoms with Crippen LogP contribution >= 0.6 is 11.8 Å². The molecular formula is C15H23N3S. The normalized spacial score (nSPS) is 24.6. The first-order valence-corrected chi connectivity index (χ1v) is 8.45. The summed E-state index contributed by atoms with van der Waals surface area (Å²) in [5, 5.41) is 0.862. The Hall–Kier alpha value is -0.580. The molecular weight excluding hydrogens is 254 g/mol. The molecule has 104 valence electrons. The molecule has 0 aliphatic heterocycles. The lowest BCUT2D eigenvalue weighted by atomic mass is 9.99. The van der Waals surface area contributed by atoms with Crippen LogP contribution in [0.5, 0.6) is 0 Å². The van der Waals surface area contributed by atoms with Crippen LogP contribution in [0.15, 0.2) is 18.3 Å². The zero-order valence-corrected chi connectivity index (χ0v) is 12.2. The van der Waals surface area contributed by atoms with Crippen LogP contribution in [0.1, 0.15) is 49.3 Å². The fourth-order valence-corrected chi connectivity index (χ4v) is 4.89. The van der Waals surface area contributed by atoms with Gasteiger partial charge < -0.3 is 0 Å². The molecule has 2 aliphatic carbocycles. The molecule has 1 saturated carbocycles. The van der Waals surface area contributed by atoms with E-state index in [0.717, 1.165) is 17.4 Å². The molecule has 3 nitrogen and oxygen atoms in total. The summed E-state index contributed by atoms with van der Waals surface area (Å²) in [6.45, 7) is 0. The average molecular weight is 277 g/mol. The Bertz CT molecular complexity index is 418. The molecule has 2 unspecified atom stereocenters. The summed E-state index contributed by atoms with van der Waals surface area (Å²) in [7, 11) is 0. The Morgan fingerprint density at radius 3 is 3.00 bits per heavy atom. The number of nitrogens with two attached hydrogens (primary N) is 1. The van der Waals surface area contributed by atoms with Crippen molar-refractivity contribution in [1.82, 2.24) is 10.4 Å². The number of aromatic nitrogens is 1. The first-order chi connectivity index (χ1) is 9.38. The maximum Gasteiger partial charge on any atom is 0.0482 e. The van der Waals surface area contributed by atoms with Crippen LogP contribution in [0.2, 0.25) is 0 Å². The number of hydrogen-bond acceptors (Lipinski definition) is 4. The van der Waals surface area contributed by atoms with Crippen molar-refractivity contribution in [3.05, 3.63) is 29.6 Å². The van der Waals surface area contributed by atoms with Crippen molar-refractivity contribution in [2.24, 2.45) is 5.84 Å².